The fourth-order valence-electron chi connectivity index (χ4n) is 1.69. The van der Waals surface area contributed by atoms with Crippen LogP contribution >= 0.6 is 27.3 Å². The van der Waals surface area contributed by atoms with Crippen LogP contribution < -0.4 is 10.6 Å². The predicted molar refractivity (Wildman–Crippen MR) is 84.9 cm³/mol. The molecule has 2 rings (SSSR count). The number of rotatable bonds is 7. The molecule has 4 nitrogen and oxygen atoms in total. The summed E-state index contributed by atoms with van der Waals surface area (Å²) in [6.45, 7) is 2.34. The Morgan fingerprint density at radius 1 is 1.35 bits per heavy atom. The molecular formula is C14H16BrN3OS. The van der Waals surface area contributed by atoms with Crippen molar-refractivity contribution in [1.82, 2.24) is 15.6 Å². The lowest BCUT2D eigenvalue weighted by atomic mass is 10.3. The van der Waals surface area contributed by atoms with Crippen molar-refractivity contribution in [2.24, 2.45) is 0 Å². The molecule has 2 aromatic rings. The maximum atomic E-state index is 11.8. The van der Waals surface area contributed by atoms with Crippen molar-refractivity contribution in [3.8, 4) is 0 Å². The van der Waals surface area contributed by atoms with Gasteiger partial charge in [0.1, 0.15) is 4.88 Å². The van der Waals surface area contributed by atoms with E-state index in [4.69, 9.17) is 0 Å². The van der Waals surface area contributed by atoms with Crippen molar-refractivity contribution in [2.45, 2.75) is 13.0 Å². The Labute approximate surface area is 130 Å². The number of hydrogen-bond donors (Lipinski definition) is 2. The van der Waals surface area contributed by atoms with Gasteiger partial charge in [-0.3, -0.25) is 9.78 Å². The Balaban J connectivity index is 1.58. The van der Waals surface area contributed by atoms with E-state index in [2.05, 4.69) is 31.5 Å². The molecule has 20 heavy (non-hydrogen) atoms. The molecule has 0 saturated carbocycles. The van der Waals surface area contributed by atoms with E-state index in [-0.39, 0.29) is 5.91 Å². The van der Waals surface area contributed by atoms with E-state index >= 15 is 0 Å². The lowest BCUT2D eigenvalue weighted by Crippen LogP contribution is -2.26. The molecule has 106 valence electrons. The third-order valence-electron chi connectivity index (χ3n) is 2.69. The van der Waals surface area contributed by atoms with E-state index in [0.29, 0.717) is 6.54 Å². The van der Waals surface area contributed by atoms with Gasteiger partial charge in [0, 0.05) is 30.0 Å². The highest BCUT2D eigenvalue weighted by Gasteiger charge is 2.09. The van der Waals surface area contributed by atoms with Crippen LogP contribution in [0, 0.1) is 0 Å². The number of carbonyl (C=O) groups is 1. The molecule has 0 fully saturated rings. The molecule has 0 radical (unpaired) electrons. The molecule has 0 spiro atoms. The number of thiophene rings is 1. The van der Waals surface area contributed by atoms with Gasteiger partial charge in [0.25, 0.3) is 5.91 Å². The number of aromatic nitrogens is 1. The highest BCUT2D eigenvalue weighted by Crippen LogP contribution is 2.22. The van der Waals surface area contributed by atoms with Gasteiger partial charge in [0.2, 0.25) is 0 Å². The third-order valence-corrected chi connectivity index (χ3v) is 4.53. The Hall–Kier alpha value is -1.24. The SMILES string of the molecule is O=C(NCCCNCc1cccnc1)c1sccc1Br. The number of nitrogens with zero attached hydrogens (tertiary/aromatic N) is 1. The number of nitrogens with one attached hydrogen (secondary N) is 2. The summed E-state index contributed by atoms with van der Waals surface area (Å²) in [4.78, 5) is 16.6. The van der Waals surface area contributed by atoms with E-state index in [1.807, 2.05) is 29.8 Å². The number of amides is 1. The molecule has 0 aliphatic heterocycles. The molecule has 1 amide bonds. The van der Waals surface area contributed by atoms with Crippen LogP contribution in [0.3, 0.4) is 0 Å². The molecule has 2 N–H and O–H groups in total. The summed E-state index contributed by atoms with van der Waals surface area (Å²) in [5, 5.41) is 8.13. The van der Waals surface area contributed by atoms with Crippen LogP contribution in [-0.2, 0) is 6.54 Å². The molecule has 6 heteroatoms. The van der Waals surface area contributed by atoms with E-state index in [9.17, 15) is 4.79 Å². The summed E-state index contributed by atoms with van der Waals surface area (Å²) in [6.07, 6.45) is 4.51. The molecule has 0 unspecified atom stereocenters. The van der Waals surface area contributed by atoms with Crippen LogP contribution in [0.15, 0.2) is 40.4 Å². The van der Waals surface area contributed by atoms with Crippen molar-refractivity contribution in [3.05, 3.63) is 50.9 Å². The molecule has 0 saturated heterocycles. The fraction of sp³-hybridized carbons (Fsp3) is 0.286. The highest BCUT2D eigenvalue weighted by molar-refractivity contribution is 9.10. The average molecular weight is 354 g/mol. The van der Waals surface area contributed by atoms with Crippen LogP contribution in [0.1, 0.15) is 21.7 Å². The molecule has 0 bridgehead atoms. The number of pyridine rings is 1. The Morgan fingerprint density at radius 3 is 2.95 bits per heavy atom. The number of carbonyl (C=O) groups excluding carboxylic acids is 1. The molecule has 2 aromatic heterocycles. The third kappa shape index (κ3) is 4.70. The zero-order valence-electron chi connectivity index (χ0n) is 10.9. The Bertz CT molecular complexity index is 544. The summed E-state index contributed by atoms with van der Waals surface area (Å²) >= 11 is 4.80. The van der Waals surface area contributed by atoms with E-state index in [1.54, 1.807) is 6.20 Å². The fourth-order valence-corrected chi connectivity index (χ4v) is 3.15. The molecule has 0 atom stereocenters. The highest BCUT2D eigenvalue weighted by atomic mass is 79.9. The first kappa shape index (κ1) is 15.2. The van der Waals surface area contributed by atoms with Crippen LogP contribution in [0.4, 0.5) is 0 Å². The molecule has 0 aliphatic carbocycles. The van der Waals surface area contributed by atoms with E-state index in [0.717, 1.165) is 28.9 Å². The Morgan fingerprint density at radius 2 is 2.25 bits per heavy atom. The van der Waals surface area contributed by atoms with Gasteiger partial charge in [-0.05, 0) is 52.0 Å². The standard InChI is InChI=1S/C14H16BrN3OS/c15-12-4-8-20-13(12)14(19)18-7-2-6-17-10-11-3-1-5-16-9-11/h1,3-5,8-9,17H,2,6-7,10H2,(H,18,19). The first-order valence-corrected chi connectivity index (χ1v) is 8.05. The lowest BCUT2D eigenvalue weighted by molar-refractivity contribution is 0.0956. The minimum absolute atomic E-state index is 0.0147. The normalized spacial score (nSPS) is 10.4. The van der Waals surface area contributed by atoms with Crippen molar-refractivity contribution in [1.29, 1.82) is 0 Å². The van der Waals surface area contributed by atoms with Crippen molar-refractivity contribution in [2.75, 3.05) is 13.1 Å². The van der Waals surface area contributed by atoms with Gasteiger partial charge in [-0.1, -0.05) is 6.07 Å². The van der Waals surface area contributed by atoms with Crippen LogP contribution in [0.5, 0.6) is 0 Å². The van der Waals surface area contributed by atoms with Crippen LogP contribution in [0.2, 0.25) is 0 Å². The van der Waals surface area contributed by atoms with Gasteiger partial charge < -0.3 is 10.6 Å². The first-order chi connectivity index (χ1) is 9.77. The zero-order chi connectivity index (χ0) is 14.2. The van der Waals surface area contributed by atoms with Gasteiger partial charge in [0.15, 0.2) is 0 Å². The summed E-state index contributed by atoms with van der Waals surface area (Å²) in [6, 6.07) is 5.85. The van der Waals surface area contributed by atoms with Gasteiger partial charge >= 0.3 is 0 Å². The molecule has 0 aromatic carbocycles. The van der Waals surface area contributed by atoms with Crippen molar-refractivity contribution < 1.29 is 4.79 Å². The molecular weight excluding hydrogens is 338 g/mol. The monoisotopic (exact) mass is 353 g/mol. The largest absolute Gasteiger partial charge is 0.351 e. The van der Waals surface area contributed by atoms with Crippen molar-refractivity contribution in [3.63, 3.8) is 0 Å². The summed E-state index contributed by atoms with van der Waals surface area (Å²) < 4.78 is 0.856. The number of halogens is 1. The second kappa shape index (κ2) is 8.14. The zero-order valence-corrected chi connectivity index (χ0v) is 13.3. The van der Waals surface area contributed by atoms with Gasteiger partial charge in [-0.15, -0.1) is 11.3 Å². The topological polar surface area (TPSA) is 54.0 Å². The minimum Gasteiger partial charge on any atom is -0.351 e. The molecule has 2 heterocycles. The lowest BCUT2D eigenvalue weighted by Gasteiger charge is -2.06. The van der Waals surface area contributed by atoms with Crippen molar-refractivity contribution >= 4 is 33.2 Å². The van der Waals surface area contributed by atoms with Crippen LogP contribution in [-0.4, -0.2) is 24.0 Å². The summed E-state index contributed by atoms with van der Waals surface area (Å²) in [5.41, 5.74) is 1.17. The Kier molecular flexibility index (Phi) is 6.17. The van der Waals surface area contributed by atoms with Gasteiger partial charge in [0.05, 0.1) is 0 Å². The van der Waals surface area contributed by atoms with E-state index in [1.165, 1.54) is 16.9 Å². The minimum atomic E-state index is -0.0147. The van der Waals surface area contributed by atoms with Gasteiger partial charge in [-0.2, -0.15) is 0 Å². The first-order valence-electron chi connectivity index (χ1n) is 6.38. The number of hydrogen-bond acceptors (Lipinski definition) is 4. The maximum absolute atomic E-state index is 11.8. The summed E-state index contributed by atoms with van der Waals surface area (Å²) in [7, 11) is 0. The summed E-state index contributed by atoms with van der Waals surface area (Å²) in [5.74, 6) is -0.0147. The maximum Gasteiger partial charge on any atom is 0.262 e. The smallest absolute Gasteiger partial charge is 0.262 e. The quantitative estimate of drug-likeness (QED) is 0.752. The second-order valence-corrected chi connectivity index (χ2v) is 6.02. The van der Waals surface area contributed by atoms with Gasteiger partial charge in [-0.25, -0.2) is 0 Å². The van der Waals surface area contributed by atoms with E-state index < -0.39 is 0 Å². The average Bonchev–Trinajstić information content (AvgIpc) is 2.90. The molecule has 0 aliphatic rings. The second-order valence-electron chi connectivity index (χ2n) is 4.25. The van der Waals surface area contributed by atoms with Crippen LogP contribution in [0.25, 0.3) is 0 Å². The predicted octanol–water partition coefficient (Wildman–Crippen LogP) is 2.82.